The highest BCUT2D eigenvalue weighted by molar-refractivity contribution is 5.81. The van der Waals surface area contributed by atoms with Crippen molar-refractivity contribution in [3.05, 3.63) is 36.4 Å². The Kier molecular flexibility index (Phi) is 2.44. The molecular formula is C13H13N5. The third-order valence-corrected chi connectivity index (χ3v) is 2.81. The molecule has 2 aromatic heterocycles. The van der Waals surface area contributed by atoms with Crippen molar-refractivity contribution in [2.75, 3.05) is 12.4 Å². The molecule has 0 aliphatic rings. The number of aromatic nitrogens is 4. The van der Waals surface area contributed by atoms with Crippen molar-refractivity contribution >= 4 is 17.0 Å². The zero-order valence-electron chi connectivity index (χ0n) is 10.2. The van der Waals surface area contributed by atoms with Gasteiger partial charge in [0.05, 0.1) is 11.0 Å². The molecule has 0 aliphatic carbocycles. The van der Waals surface area contributed by atoms with Crippen molar-refractivity contribution in [2.45, 2.75) is 6.92 Å². The summed E-state index contributed by atoms with van der Waals surface area (Å²) >= 11 is 0. The molecule has 0 radical (unpaired) electrons. The van der Waals surface area contributed by atoms with Gasteiger partial charge < -0.3 is 10.3 Å². The summed E-state index contributed by atoms with van der Waals surface area (Å²) in [5, 5.41) is 2.90. The molecular weight excluding hydrogens is 226 g/mol. The molecule has 0 bridgehead atoms. The summed E-state index contributed by atoms with van der Waals surface area (Å²) in [6.45, 7) is 1.95. The van der Waals surface area contributed by atoms with Crippen LogP contribution in [0.15, 0.2) is 30.6 Å². The predicted octanol–water partition coefficient (Wildman–Crippen LogP) is 2.37. The number of benzene rings is 1. The van der Waals surface area contributed by atoms with Gasteiger partial charge in [-0.05, 0) is 24.6 Å². The molecule has 18 heavy (non-hydrogen) atoms. The average molecular weight is 239 g/mol. The molecule has 0 saturated carbocycles. The normalized spacial score (nSPS) is 10.8. The minimum Gasteiger partial charge on any atom is -0.357 e. The van der Waals surface area contributed by atoms with Gasteiger partial charge in [0.15, 0.2) is 0 Å². The molecule has 0 atom stereocenters. The number of aromatic amines is 1. The monoisotopic (exact) mass is 239 g/mol. The van der Waals surface area contributed by atoms with Gasteiger partial charge >= 0.3 is 0 Å². The fourth-order valence-electron chi connectivity index (χ4n) is 1.92. The Morgan fingerprint density at radius 1 is 1.11 bits per heavy atom. The Balaban J connectivity index is 2.06. The molecule has 0 saturated heterocycles. The molecule has 1 aromatic carbocycles. The summed E-state index contributed by atoms with van der Waals surface area (Å²) in [6.07, 6.45) is 3.62. The molecule has 0 aliphatic heterocycles. The number of rotatable bonds is 2. The van der Waals surface area contributed by atoms with Crippen LogP contribution >= 0.6 is 0 Å². The zero-order chi connectivity index (χ0) is 12.5. The third-order valence-electron chi connectivity index (χ3n) is 2.81. The van der Waals surface area contributed by atoms with Crippen molar-refractivity contribution in [3.63, 3.8) is 0 Å². The first-order valence-electron chi connectivity index (χ1n) is 5.73. The first-order valence-corrected chi connectivity index (χ1v) is 5.73. The number of imidazole rings is 1. The van der Waals surface area contributed by atoms with E-state index in [0.29, 0.717) is 5.95 Å². The topological polar surface area (TPSA) is 66.5 Å². The van der Waals surface area contributed by atoms with Gasteiger partial charge in [-0.3, -0.25) is 0 Å². The lowest BCUT2D eigenvalue weighted by Crippen LogP contribution is -1.95. The molecule has 0 amide bonds. The number of aryl methyl sites for hydroxylation is 1. The zero-order valence-corrected chi connectivity index (χ0v) is 10.2. The maximum atomic E-state index is 4.38. The standard InChI is InChI=1S/C13H13N5/c1-8-17-11-4-3-9(5-12(11)18-8)10-6-15-13(14-2)16-7-10/h3-7H,1-2H3,(H,17,18)(H,14,15,16). The van der Waals surface area contributed by atoms with Gasteiger partial charge in [-0.25, -0.2) is 15.0 Å². The Morgan fingerprint density at radius 3 is 2.61 bits per heavy atom. The number of fused-ring (bicyclic) bond motifs is 1. The Hall–Kier alpha value is -2.43. The van der Waals surface area contributed by atoms with Gasteiger partial charge in [0.25, 0.3) is 0 Å². The predicted molar refractivity (Wildman–Crippen MR) is 71.4 cm³/mol. The lowest BCUT2D eigenvalue weighted by molar-refractivity contribution is 1.15. The second-order valence-electron chi connectivity index (χ2n) is 4.10. The van der Waals surface area contributed by atoms with Crippen molar-refractivity contribution in [1.29, 1.82) is 0 Å². The average Bonchev–Trinajstić information content (AvgIpc) is 2.78. The van der Waals surface area contributed by atoms with E-state index in [1.807, 2.05) is 31.5 Å². The summed E-state index contributed by atoms with van der Waals surface area (Å²) in [5.74, 6) is 1.54. The van der Waals surface area contributed by atoms with Gasteiger partial charge in [0.2, 0.25) is 5.95 Å². The fourth-order valence-corrected chi connectivity index (χ4v) is 1.92. The summed E-state index contributed by atoms with van der Waals surface area (Å²) in [4.78, 5) is 16.0. The van der Waals surface area contributed by atoms with Gasteiger partial charge in [-0.15, -0.1) is 0 Å². The highest BCUT2D eigenvalue weighted by Gasteiger charge is 2.03. The number of hydrogen-bond acceptors (Lipinski definition) is 4. The van der Waals surface area contributed by atoms with E-state index in [-0.39, 0.29) is 0 Å². The van der Waals surface area contributed by atoms with E-state index in [1.165, 1.54) is 0 Å². The van der Waals surface area contributed by atoms with Crippen LogP contribution in [0.25, 0.3) is 22.2 Å². The minimum absolute atomic E-state index is 0.622. The third kappa shape index (κ3) is 1.79. The number of hydrogen-bond donors (Lipinski definition) is 2. The second kappa shape index (κ2) is 4.10. The molecule has 2 heterocycles. The van der Waals surface area contributed by atoms with Crippen LogP contribution in [0.1, 0.15) is 5.82 Å². The minimum atomic E-state index is 0.622. The van der Waals surface area contributed by atoms with Crippen LogP contribution in [0.3, 0.4) is 0 Å². The van der Waals surface area contributed by atoms with Gasteiger partial charge in [0.1, 0.15) is 5.82 Å². The Labute approximate surface area is 104 Å². The Morgan fingerprint density at radius 2 is 1.89 bits per heavy atom. The van der Waals surface area contributed by atoms with Crippen molar-refractivity contribution in [1.82, 2.24) is 19.9 Å². The molecule has 2 N–H and O–H groups in total. The summed E-state index contributed by atoms with van der Waals surface area (Å²) < 4.78 is 0. The van der Waals surface area contributed by atoms with E-state index in [1.54, 1.807) is 7.05 Å². The first kappa shape index (κ1) is 10.7. The molecule has 0 fully saturated rings. The van der Waals surface area contributed by atoms with Crippen LogP contribution in [0.2, 0.25) is 0 Å². The van der Waals surface area contributed by atoms with E-state index in [9.17, 15) is 0 Å². The molecule has 0 spiro atoms. The van der Waals surface area contributed by atoms with Crippen LogP contribution in [0.4, 0.5) is 5.95 Å². The quantitative estimate of drug-likeness (QED) is 0.720. The molecule has 3 rings (SSSR count). The fraction of sp³-hybridized carbons (Fsp3) is 0.154. The molecule has 3 aromatic rings. The molecule has 90 valence electrons. The van der Waals surface area contributed by atoms with E-state index in [0.717, 1.165) is 28.0 Å². The molecule has 5 heteroatoms. The van der Waals surface area contributed by atoms with Crippen LogP contribution in [-0.4, -0.2) is 27.0 Å². The summed E-state index contributed by atoms with van der Waals surface area (Å²) in [7, 11) is 1.80. The van der Waals surface area contributed by atoms with Gasteiger partial charge in [-0.2, -0.15) is 0 Å². The smallest absolute Gasteiger partial charge is 0.222 e. The SMILES string of the molecule is CNc1ncc(-c2ccc3nc(C)[nH]c3c2)cn1. The van der Waals surface area contributed by atoms with Gasteiger partial charge in [0, 0.05) is 25.0 Å². The second-order valence-corrected chi connectivity index (χ2v) is 4.10. The van der Waals surface area contributed by atoms with Crippen molar-refractivity contribution in [3.8, 4) is 11.1 Å². The van der Waals surface area contributed by atoms with Crippen LogP contribution < -0.4 is 5.32 Å². The maximum absolute atomic E-state index is 4.38. The maximum Gasteiger partial charge on any atom is 0.222 e. The largest absolute Gasteiger partial charge is 0.357 e. The van der Waals surface area contributed by atoms with Crippen molar-refractivity contribution in [2.24, 2.45) is 0 Å². The lowest BCUT2D eigenvalue weighted by Gasteiger charge is -2.02. The van der Waals surface area contributed by atoms with Gasteiger partial charge in [-0.1, -0.05) is 6.07 Å². The number of anilines is 1. The highest BCUT2D eigenvalue weighted by atomic mass is 15.1. The van der Waals surface area contributed by atoms with Crippen LogP contribution in [0, 0.1) is 6.92 Å². The highest BCUT2D eigenvalue weighted by Crippen LogP contribution is 2.22. The van der Waals surface area contributed by atoms with E-state index in [4.69, 9.17) is 0 Å². The Bertz CT molecular complexity index is 684. The number of nitrogens with zero attached hydrogens (tertiary/aromatic N) is 3. The first-order chi connectivity index (χ1) is 8.76. The van der Waals surface area contributed by atoms with Crippen LogP contribution in [0.5, 0.6) is 0 Å². The summed E-state index contributed by atoms with van der Waals surface area (Å²) in [5.41, 5.74) is 4.07. The number of nitrogens with one attached hydrogen (secondary N) is 2. The molecule has 0 unspecified atom stereocenters. The van der Waals surface area contributed by atoms with E-state index < -0.39 is 0 Å². The van der Waals surface area contributed by atoms with E-state index in [2.05, 4.69) is 31.3 Å². The van der Waals surface area contributed by atoms with E-state index >= 15 is 0 Å². The van der Waals surface area contributed by atoms with Crippen LogP contribution in [-0.2, 0) is 0 Å². The summed E-state index contributed by atoms with van der Waals surface area (Å²) in [6, 6.07) is 6.09. The number of H-pyrrole nitrogens is 1. The lowest BCUT2D eigenvalue weighted by atomic mass is 10.1. The molecule has 5 nitrogen and oxygen atoms in total. The van der Waals surface area contributed by atoms with Crippen molar-refractivity contribution < 1.29 is 0 Å².